The van der Waals surface area contributed by atoms with Crippen LogP contribution < -0.4 is 15.6 Å². The quantitative estimate of drug-likeness (QED) is 0.151. The molecule has 1 aliphatic rings. The van der Waals surface area contributed by atoms with E-state index in [1.807, 2.05) is 13.0 Å². The predicted octanol–water partition coefficient (Wildman–Crippen LogP) is 7.43. The molecule has 8 nitrogen and oxygen atoms in total. The molecule has 51 heavy (non-hydrogen) atoms. The molecule has 4 aromatic rings. The molecule has 0 radical (unpaired) electrons. The van der Waals surface area contributed by atoms with Crippen molar-refractivity contribution in [1.82, 2.24) is 14.8 Å². The number of nitrogens with zero attached hydrogens (tertiary/aromatic N) is 2. The van der Waals surface area contributed by atoms with Crippen molar-refractivity contribution in [3.05, 3.63) is 116 Å². The molecule has 4 bridgehead atoms. The van der Waals surface area contributed by atoms with Crippen LogP contribution in [-0.2, 0) is 26.9 Å². The first-order chi connectivity index (χ1) is 24.1. The second kappa shape index (κ2) is 15.1. The number of ether oxygens (including phenoxy) is 2. The number of carbonyl (C=O) groups excluding carboxylic acids is 2. The van der Waals surface area contributed by atoms with Crippen LogP contribution in [0.25, 0.3) is 11.1 Å². The smallest absolute Gasteiger partial charge is 0.416 e. The maximum absolute atomic E-state index is 16.1. The number of aryl methyl sites for hydroxylation is 3. The zero-order chi connectivity index (χ0) is 37.2. The van der Waals surface area contributed by atoms with Crippen molar-refractivity contribution in [2.24, 2.45) is 0 Å². The lowest BCUT2D eigenvalue weighted by atomic mass is 9.92. The lowest BCUT2D eigenvalue weighted by molar-refractivity contribution is -0.144. The molecule has 1 N–H and O–H groups in total. The van der Waals surface area contributed by atoms with E-state index in [0.717, 1.165) is 22.4 Å². The Hall–Kier alpha value is -5.04. The van der Waals surface area contributed by atoms with Crippen molar-refractivity contribution in [2.75, 3.05) is 27.2 Å². The van der Waals surface area contributed by atoms with Crippen molar-refractivity contribution < 1.29 is 41.0 Å². The number of esters is 1. The molecule has 5 rings (SSSR count). The van der Waals surface area contributed by atoms with Crippen molar-refractivity contribution in [2.45, 2.75) is 58.3 Å². The van der Waals surface area contributed by atoms with Crippen LogP contribution in [0.5, 0.6) is 11.5 Å². The Balaban J connectivity index is 1.80. The zero-order valence-electron chi connectivity index (χ0n) is 28.8. The number of hydrogen-bond donors (Lipinski definition) is 1. The molecule has 0 saturated heterocycles. The van der Waals surface area contributed by atoms with E-state index >= 15 is 8.78 Å². The summed E-state index contributed by atoms with van der Waals surface area (Å²) in [6, 6.07) is 8.86. The van der Waals surface area contributed by atoms with Gasteiger partial charge in [0.1, 0.15) is 29.2 Å². The van der Waals surface area contributed by atoms with Gasteiger partial charge >= 0.3 is 12.1 Å². The number of alkyl halides is 3. The van der Waals surface area contributed by atoms with Gasteiger partial charge in [0.15, 0.2) is 0 Å². The average molecular weight is 712 g/mol. The van der Waals surface area contributed by atoms with E-state index in [-0.39, 0.29) is 41.9 Å². The number of fused-ring (bicyclic) bond motifs is 6. The van der Waals surface area contributed by atoms with Crippen LogP contribution in [-0.4, -0.2) is 48.6 Å². The Morgan fingerprint density at radius 1 is 1.00 bits per heavy atom. The summed E-state index contributed by atoms with van der Waals surface area (Å²) in [4.78, 5) is 42.7. The fourth-order valence-electron chi connectivity index (χ4n) is 6.35. The van der Waals surface area contributed by atoms with Gasteiger partial charge in [0.2, 0.25) is 5.91 Å². The molecule has 13 heteroatoms. The van der Waals surface area contributed by atoms with Gasteiger partial charge in [-0.1, -0.05) is 12.1 Å². The van der Waals surface area contributed by atoms with Gasteiger partial charge in [-0.2, -0.15) is 13.2 Å². The topological polar surface area (TPSA) is 89.9 Å². The van der Waals surface area contributed by atoms with Crippen LogP contribution in [0, 0.1) is 25.5 Å². The lowest BCUT2D eigenvalue weighted by Crippen LogP contribution is -2.41. The monoisotopic (exact) mass is 711 g/mol. The Labute approximate surface area is 291 Å². The number of carbonyl (C=O) groups is 2. The Bertz CT molecular complexity index is 2020. The molecule has 270 valence electrons. The first kappa shape index (κ1) is 37.2. The van der Waals surface area contributed by atoms with E-state index in [0.29, 0.717) is 29.5 Å². The highest BCUT2D eigenvalue weighted by atomic mass is 19.4. The van der Waals surface area contributed by atoms with E-state index in [2.05, 4.69) is 5.32 Å². The molecule has 3 aromatic carbocycles. The number of rotatable bonds is 8. The number of hydrogen-bond acceptors (Lipinski definition) is 6. The maximum Gasteiger partial charge on any atom is 0.416 e. The SMILES string of the molecule is CCOC(=O)C[C@@H]1NC(=O)C(n2cc(CCCN(C)C)c(C(F)(F)F)cc2=O)c2cc(ccc2F)Oc2cccc(C)c2-c2cc(C)c(F)c1c2. The molecule has 1 amide bonds. The first-order valence-electron chi connectivity index (χ1n) is 16.4. The third kappa shape index (κ3) is 8.14. The standard InChI is InChI=1S/C38H38F5N3O5/c1-6-50-33(48)19-30-27-16-24(15-22(3)35(27)40)34-21(2)9-7-11-31(34)51-25-12-13-29(39)26(17-25)36(37(49)44-30)46-20-23(10-8-14-45(4)5)28(18-32(46)47)38(41,42)43/h7,9,11-13,15-18,20,30,36H,6,8,10,14,19H2,1-5H3,(H,44,49)/t30-,36?/m0/s1. The second-order valence-corrected chi connectivity index (χ2v) is 12.8. The molecule has 1 aromatic heterocycles. The third-order valence-corrected chi connectivity index (χ3v) is 8.71. The number of amides is 1. The molecule has 2 heterocycles. The molecule has 0 saturated carbocycles. The largest absolute Gasteiger partial charge is 0.466 e. The van der Waals surface area contributed by atoms with Gasteiger partial charge in [-0.25, -0.2) is 8.78 Å². The van der Waals surface area contributed by atoms with Crippen LogP contribution in [0.3, 0.4) is 0 Å². The van der Waals surface area contributed by atoms with Crippen LogP contribution in [0.15, 0.2) is 65.6 Å². The summed E-state index contributed by atoms with van der Waals surface area (Å²) in [5.74, 6) is -3.21. The highest BCUT2D eigenvalue weighted by Gasteiger charge is 2.37. The zero-order valence-corrected chi connectivity index (χ0v) is 28.8. The van der Waals surface area contributed by atoms with Crippen LogP contribution in [0.4, 0.5) is 22.0 Å². The predicted molar refractivity (Wildman–Crippen MR) is 181 cm³/mol. The van der Waals surface area contributed by atoms with Crippen molar-refractivity contribution >= 4 is 11.9 Å². The minimum atomic E-state index is -4.89. The fourth-order valence-corrected chi connectivity index (χ4v) is 6.35. The number of aromatic nitrogens is 1. The van der Waals surface area contributed by atoms with Crippen LogP contribution in [0.2, 0.25) is 0 Å². The Morgan fingerprint density at radius 2 is 1.75 bits per heavy atom. The minimum Gasteiger partial charge on any atom is -0.466 e. The molecule has 0 spiro atoms. The average Bonchev–Trinajstić information content (AvgIpc) is 3.04. The summed E-state index contributed by atoms with van der Waals surface area (Å²) in [6.07, 6.45) is -4.37. The molecular formula is C38H38F5N3O5. The minimum absolute atomic E-state index is 0.0108. The van der Waals surface area contributed by atoms with Crippen LogP contribution in [0.1, 0.15) is 65.2 Å². The van der Waals surface area contributed by atoms with E-state index in [9.17, 15) is 27.6 Å². The highest BCUT2D eigenvalue weighted by molar-refractivity contribution is 5.85. The van der Waals surface area contributed by atoms with Gasteiger partial charge < -0.3 is 19.7 Å². The Morgan fingerprint density at radius 3 is 2.43 bits per heavy atom. The van der Waals surface area contributed by atoms with E-state index < -0.39 is 64.9 Å². The van der Waals surface area contributed by atoms with E-state index in [1.165, 1.54) is 25.1 Å². The summed E-state index contributed by atoms with van der Waals surface area (Å²) in [5.41, 5.74) is -1.22. The van der Waals surface area contributed by atoms with Gasteiger partial charge in [-0.05, 0) is 113 Å². The molecule has 0 fully saturated rings. The van der Waals surface area contributed by atoms with E-state index in [4.69, 9.17) is 9.47 Å². The van der Waals surface area contributed by atoms with E-state index in [1.54, 1.807) is 44.1 Å². The molecular weight excluding hydrogens is 673 g/mol. The van der Waals surface area contributed by atoms with Gasteiger partial charge in [-0.15, -0.1) is 0 Å². The number of halogens is 5. The lowest BCUT2D eigenvalue weighted by Gasteiger charge is -2.26. The number of nitrogens with one attached hydrogen (secondary N) is 1. The Kier molecular flexibility index (Phi) is 11.0. The summed E-state index contributed by atoms with van der Waals surface area (Å²) < 4.78 is 86.7. The number of benzene rings is 3. The van der Waals surface area contributed by atoms with Gasteiger partial charge in [0.25, 0.3) is 5.56 Å². The van der Waals surface area contributed by atoms with Crippen molar-refractivity contribution in [3.8, 4) is 22.6 Å². The van der Waals surface area contributed by atoms with Crippen molar-refractivity contribution in [3.63, 3.8) is 0 Å². The normalized spacial score (nSPS) is 15.9. The maximum atomic E-state index is 16.1. The summed E-state index contributed by atoms with van der Waals surface area (Å²) in [5, 5.41) is 2.62. The summed E-state index contributed by atoms with van der Waals surface area (Å²) >= 11 is 0. The molecule has 1 aliphatic heterocycles. The summed E-state index contributed by atoms with van der Waals surface area (Å²) in [7, 11) is 3.51. The third-order valence-electron chi connectivity index (χ3n) is 8.71. The summed E-state index contributed by atoms with van der Waals surface area (Å²) in [6.45, 7) is 5.32. The first-order valence-corrected chi connectivity index (χ1v) is 16.4. The number of pyridine rings is 1. The molecule has 1 unspecified atom stereocenters. The molecule has 2 atom stereocenters. The molecule has 0 aliphatic carbocycles. The van der Waals surface area contributed by atoms with Gasteiger partial charge in [-0.3, -0.25) is 19.0 Å². The second-order valence-electron chi connectivity index (χ2n) is 12.8. The highest BCUT2D eigenvalue weighted by Crippen LogP contribution is 2.41. The van der Waals surface area contributed by atoms with Crippen LogP contribution >= 0.6 is 0 Å². The van der Waals surface area contributed by atoms with Gasteiger partial charge in [0, 0.05) is 29.0 Å². The van der Waals surface area contributed by atoms with Gasteiger partial charge in [0.05, 0.1) is 24.6 Å². The van der Waals surface area contributed by atoms with Crippen molar-refractivity contribution in [1.29, 1.82) is 0 Å². The fraction of sp³-hybridized carbons (Fsp3) is 0.342.